The highest BCUT2D eigenvalue weighted by molar-refractivity contribution is 9.10. The number of rotatable bonds is 3. The number of azo groups is 1. The van der Waals surface area contributed by atoms with Crippen LogP contribution in [0.4, 0.5) is 11.4 Å². The van der Waals surface area contributed by atoms with Gasteiger partial charge in [-0.05, 0) is 41.8 Å². The van der Waals surface area contributed by atoms with Gasteiger partial charge >= 0.3 is 0 Å². The first kappa shape index (κ1) is 14.8. The van der Waals surface area contributed by atoms with Gasteiger partial charge in [-0.3, -0.25) is 0 Å². The Hall–Kier alpha value is -2.14. The second-order valence-corrected chi connectivity index (χ2v) is 6.37. The fraction of sp³-hybridized carbons (Fsp3) is 0.176. The van der Waals surface area contributed by atoms with Crippen molar-refractivity contribution in [2.24, 2.45) is 10.2 Å². The standard InChI is InChI=1S/C17H16BrN3O/c1-10(2)11-3-6-13(7-4-11)20-21-16-14-9-12(18)5-8-15(14)19-17(16)22/h3-10,19,22H,1-2H3. The molecule has 0 aliphatic heterocycles. The predicted octanol–water partition coefficient (Wildman–Crippen LogP) is 6.17. The summed E-state index contributed by atoms with van der Waals surface area (Å²) in [6.45, 7) is 4.30. The summed E-state index contributed by atoms with van der Waals surface area (Å²) in [5.74, 6) is 0.511. The molecule has 112 valence electrons. The summed E-state index contributed by atoms with van der Waals surface area (Å²) < 4.78 is 0.928. The molecule has 0 radical (unpaired) electrons. The maximum absolute atomic E-state index is 10.00. The Balaban J connectivity index is 1.95. The quantitative estimate of drug-likeness (QED) is 0.540. The number of H-pyrrole nitrogens is 1. The maximum Gasteiger partial charge on any atom is 0.218 e. The van der Waals surface area contributed by atoms with Crippen molar-refractivity contribution in [2.45, 2.75) is 19.8 Å². The summed E-state index contributed by atoms with van der Waals surface area (Å²) >= 11 is 3.43. The molecule has 0 aliphatic carbocycles. The molecule has 0 atom stereocenters. The van der Waals surface area contributed by atoms with Gasteiger partial charge in [-0.2, -0.15) is 5.11 Å². The van der Waals surface area contributed by atoms with Gasteiger partial charge in [0.25, 0.3) is 0 Å². The van der Waals surface area contributed by atoms with Crippen LogP contribution in [0.5, 0.6) is 5.88 Å². The van der Waals surface area contributed by atoms with E-state index in [1.54, 1.807) is 0 Å². The summed E-state index contributed by atoms with van der Waals surface area (Å²) in [4.78, 5) is 2.90. The van der Waals surface area contributed by atoms with E-state index in [-0.39, 0.29) is 5.88 Å². The summed E-state index contributed by atoms with van der Waals surface area (Å²) in [5, 5.41) is 19.2. The average Bonchev–Trinajstić information content (AvgIpc) is 2.80. The van der Waals surface area contributed by atoms with E-state index in [4.69, 9.17) is 0 Å². The second kappa shape index (κ2) is 5.93. The predicted molar refractivity (Wildman–Crippen MR) is 92.4 cm³/mol. The molecule has 0 spiro atoms. The highest BCUT2D eigenvalue weighted by atomic mass is 79.9. The first-order valence-corrected chi connectivity index (χ1v) is 7.86. The molecule has 2 aromatic carbocycles. The highest BCUT2D eigenvalue weighted by Gasteiger charge is 2.10. The third-order valence-electron chi connectivity index (χ3n) is 3.54. The molecule has 2 N–H and O–H groups in total. The van der Waals surface area contributed by atoms with Crippen LogP contribution in [0.1, 0.15) is 25.3 Å². The Morgan fingerprint density at radius 3 is 2.45 bits per heavy atom. The first-order valence-electron chi connectivity index (χ1n) is 7.06. The molecule has 0 amide bonds. The molecule has 0 unspecified atom stereocenters. The topological polar surface area (TPSA) is 60.7 Å². The molecular weight excluding hydrogens is 342 g/mol. The van der Waals surface area contributed by atoms with E-state index in [2.05, 4.69) is 45.0 Å². The van der Waals surface area contributed by atoms with Crippen molar-refractivity contribution in [3.63, 3.8) is 0 Å². The lowest BCUT2D eigenvalue weighted by atomic mass is 10.0. The van der Waals surface area contributed by atoms with Crippen molar-refractivity contribution in [2.75, 3.05) is 0 Å². The zero-order valence-electron chi connectivity index (χ0n) is 12.3. The van der Waals surface area contributed by atoms with Crippen LogP contribution in [0.15, 0.2) is 57.2 Å². The van der Waals surface area contributed by atoms with Crippen LogP contribution in [-0.2, 0) is 0 Å². The van der Waals surface area contributed by atoms with Gasteiger partial charge in [-0.15, -0.1) is 5.11 Å². The van der Waals surface area contributed by atoms with E-state index >= 15 is 0 Å². The smallest absolute Gasteiger partial charge is 0.218 e. The largest absolute Gasteiger partial charge is 0.493 e. The zero-order valence-corrected chi connectivity index (χ0v) is 13.9. The van der Waals surface area contributed by atoms with Gasteiger partial charge in [0.05, 0.1) is 11.2 Å². The maximum atomic E-state index is 10.00. The zero-order chi connectivity index (χ0) is 15.7. The van der Waals surface area contributed by atoms with Gasteiger partial charge in [-0.25, -0.2) is 0 Å². The number of aromatic hydroxyl groups is 1. The Morgan fingerprint density at radius 2 is 1.77 bits per heavy atom. The van der Waals surface area contributed by atoms with Gasteiger partial charge in [0.1, 0.15) is 0 Å². The second-order valence-electron chi connectivity index (χ2n) is 5.46. The van der Waals surface area contributed by atoms with Gasteiger partial charge in [-0.1, -0.05) is 41.9 Å². The van der Waals surface area contributed by atoms with E-state index < -0.39 is 0 Å². The molecule has 3 aromatic rings. The number of aromatic nitrogens is 1. The summed E-state index contributed by atoms with van der Waals surface area (Å²) in [5.41, 5.74) is 3.29. The minimum absolute atomic E-state index is 0.0238. The number of hydrogen-bond donors (Lipinski definition) is 2. The van der Waals surface area contributed by atoms with Crippen LogP contribution >= 0.6 is 15.9 Å². The summed E-state index contributed by atoms with van der Waals surface area (Å²) in [6.07, 6.45) is 0. The molecule has 0 fully saturated rings. The molecule has 4 nitrogen and oxygen atoms in total. The van der Waals surface area contributed by atoms with Crippen molar-refractivity contribution in [3.8, 4) is 5.88 Å². The molecule has 1 aromatic heterocycles. The monoisotopic (exact) mass is 357 g/mol. The lowest BCUT2D eigenvalue weighted by Gasteiger charge is -2.03. The lowest BCUT2D eigenvalue weighted by Crippen LogP contribution is -1.84. The van der Waals surface area contributed by atoms with Crippen LogP contribution in [0.3, 0.4) is 0 Å². The van der Waals surface area contributed by atoms with E-state index in [0.29, 0.717) is 11.6 Å². The number of nitrogens with one attached hydrogen (secondary N) is 1. The van der Waals surface area contributed by atoms with Gasteiger partial charge in [0.15, 0.2) is 5.69 Å². The van der Waals surface area contributed by atoms with Gasteiger partial charge in [0.2, 0.25) is 5.88 Å². The molecule has 1 heterocycles. The summed E-state index contributed by atoms with van der Waals surface area (Å²) in [6, 6.07) is 13.7. The molecular formula is C17H16BrN3O. The molecule has 3 rings (SSSR count). The van der Waals surface area contributed by atoms with Crippen molar-refractivity contribution in [3.05, 3.63) is 52.5 Å². The molecule has 0 bridgehead atoms. The number of benzene rings is 2. The van der Waals surface area contributed by atoms with Crippen LogP contribution < -0.4 is 0 Å². The van der Waals surface area contributed by atoms with Crippen LogP contribution in [0, 0.1) is 0 Å². The molecule has 0 saturated carbocycles. The minimum atomic E-state index is 0.0238. The Morgan fingerprint density at radius 1 is 1.05 bits per heavy atom. The van der Waals surface area contributed by atoms with E-state index in [0.717, 1.165) is 21.1 Å². The van der Waals surface area contributed by atoms with E-state index in [1.165, 1.54) is 5.56 Å². The van der Waals surface area contributed by atoms with E-state index in [1.807, 2.05) is 42.5 Å². The Kier molecular flexibility index (Phi) is 3.98. The van der Waals surface area contributed by atoms with Crippen molar-refractivity contribution < 1.29 is 5.11 Å². The van der Waals surface area contributed by atoms with Crippen LogP contribution in [-0.4, -0.2) is 10.1 Å². The molecule has 0 saturated heterocycles. The average molecular weight is 358 g/mol. The number of aromatic amines is 1. The van der Waals surface area contributed by atoms with Crippen molar-refractivity contribution in [1.29, 1.82) is 0 Å². The first-order chi connectivity index (χ1) is 10.5. The van der Waals surface area contributed by atoms with Gasteiger partial charge < -0.3 is 10.1 Å². The number of halogens is 1. The fourth-order valence-corrected chi connectivity index (χ4v) is 2.63. The lowest BCUT2D eigenvalue weighted by molar-refractivity contribution is 0.459. The van der Waals surface area contributed by atoms with E-state index in [9.17, 15) is 5.11 Å². The summed E-state index contributed by atoms with van der Waals surface area (Å²) in [7, 11) is 0. The fourth-order valence-electron chi connectivity index (χ4n) is 2.27. The van der Waals surface area contributed by atoms with Crippen LogP contribution in [0.25, 0.3) is 10.9 Å². The van der Waals surface area contributed by atoms with Gasteiger partial charge in [0, 0.05) is 9.86 Å². The third kappa shape index (κ3) is 2.90. The van der Waals surface area contributed by atoms with Crippen molar-refractivity contribution >= 4 is 38.2 Å². The van der Waals surface area contributed by atoms with Crippen molar-refractivity contribution in [1.82, 2.24) is 4.98 Å². The number of hydrogen-bond acceptors (Lipinski definition) is 3. The Labute approximate surface area is 137 Å². The highest BCUT2D eigenvalue weighted by Crippen LogP contribution is 2.37. The Bertz CT molecular complexity index is 835. The molecule has 22 heavy (non-hydrogen) atoms. The number of nitrogens with zero attached hydrogens (tertiary/aromatic N) is 2. The SMILES string of the molecule is CC(C)c1ccc(N=Nc2c(O)[nH]c3ccc(Br)cc23)cc1. The normalized spacial score (nSPS) is 11.8. The third-order valence-corrected chi connectivity index (χ3v) is 4.03. The number of fused-ring (bicyclic) bond motifs is 1. The minimum Gasteiger partial charge on any atom is -0.493 e. The van der Waals surface area contributed by atoms with Crippen LogP contribution in [0.2, 0.25) is 0 Å². The molecule has 0 aliphatic rings. The molecule has 5 heteroatoms.